The molecule has 0 bridgehead atoms. The molecule has 2 aromatic carbocycles. The van der Waals surface area contributed by atoms with Gasteiger partial charge in [-0.05, 0) is 36.4 Å². The van der Waals surface area contributed by atoms with Gasteiger partial charge < -0.3 is 15.0 Å². The van der Waals surface area contributed by atoms with E-state index in [1.165, 1.54) is 48.0 Å². The zero-order chi connectivity index (χ0) is 16.7. The van der Waals surface area contributed by atoms with Gasteiger partial charge >= 0.3 is 5.97 Å². The molecule has 1 heterocycles. The predicted molar refractivity (Wildman–Crippen MR) is 84.5 cm³/mol. The maximum atomic E-state index is 14.0. The Balaban J connectivity index is 2.14. The lowest BCUT2D eigenvalue weighted by Crippen LogP contribution is -2.04. The molecule has 0 saturated heterocycles. The van der Waals surface area contributed by atoms with Gasteiger partial charge in [0.15, 0.2) is 0 Å². The van der Waals surface area contributed by atoms with Crippen molar-refractivity contribution in [3.63, 3.8) is 0 Å². The summed E-state index contributed by atoms with van der Waals surface area (Å²) in [5.74, 6) is -2.23. The number of aromatic carboxylic acids is 1. The molecule has 0 aliphatic carbocycles. The topological polar surface area (TPSA) is 54.3 Å². The lowest BCUT2D eigenvalue weighted by molar-refractivity contribution is 0.0687. The zero-order valence-corrected chi connectivity index (χ0v) is 12.7. The Morgan fingerprint density at radius 3 is 2.52 bits per heavy atom. The number of carboxylic acids is 1. The molecule has 0 atom stereocenters. The summed E-state index contributed by atoms with van der Waals surface area (Å²) in [4.78, 5) is 11.2. The van der Waals surface area contributed by atoms with Gasteiger partial charge in [0.2, 0.25) is 0 Å². The van der Waals surface area contributed by atoms with Crippen LogP contribution in [0.4, 0.5) is 20.2 Å². The average molecular weight is 337 g/mol. The first-order valence-electron chi connectivity index (χ1n) is 6.62. The standard InChI is InChI=1S/C16H11ClF2N2O2/c1-21-14(16(22)23)7-9-13(5-4-12(19)15(9)21)20-8-2-3-11(18)10(17)6-8/h2-7,20H,1H3,(H,22,23). The van der Waals surface area contributed by atoms with Crippen molar-refractivity contribution in [2.24, 2.45) is 7.05 Å². The van der Waals surface area contributed by atoms with Gasteiger partial charge in [-0.25, -0.2) is 13.6 Å². The van der Waals surface area contributed by atoms with Crippen molar-refractivity contribution in [3.05, 3.63) is 58.7 Å². The Morgan fingerprint density at radius 1 is 1.17 bits per heavy atom. The molecule has 0 radical (unpaired) electrons. The van der Waals surface area contributed by atoms with Crippen LogP contribution in [-0.2, 0) is 7.05 Å². The van der Waals surface area contributed by atoms with Crippen LogP contribution >= 0.6 is 11.6 Å². The lowest BCUT2D eigenvalue weighted by atomic mass is 10.2. The maximum Gasteiger partial charge on any atom is 0.352 e. The largest absolute Gasteiger partial charge is 0.477 e. The molecule has 4 nitrogen and oxygen atoms in total. The van der Waals surface area contributed by atoms with Crippen LogP contribution in [0, 0.1) is 11.6 Å². The predicted octanol–water partition coefficient (Wildman–Crippen LogP) is 4.55. The highest BCUT2D eigenvalue weighted by Gasteiger charge is 2.17. The smallest absolute Gasteiger partial charge is 0.352 e. The molecule has 23 heavy (non-hydrogen) atoms. The number of carbonyl (C=O) groups is 1. The Labute approximate surface area is 134 Å². The Hall–Kier alpha value is -2.60. The molecule has 2 N–H and O–H groups in total. The number of halogens is 3. The van der Waals surface area contributed by atoms with Gasteiger partial charge in [0.05, 0.1) is 10.5 Å². The van der Waals surface area contributed by atoms with Crippen molar-refractivity contribution in [1.29, 1.82) is 0 Å². The van der Waals surface area contributed by atoms with Crippen molar-refractivity contribution in [3.8, 4) is 0 Å². The van der Waals surface area contributed by atoms with Gasteiger partial charge in [-0.1, -0.05) is 11.6 Å². The molecule has 118 valence electrons. The monoisotopic (exact) mass is 336 g/mol. The third-order valence-corrected chi connectivity index (χ3v) is 3.85. The maximum absolute atomic E-state index is 14.0. The number of hydrogen-bond acceptors (Lipinski definition) is 2. The molecule has 1 aromatic heterocycles. The first kappa shape index (κ1) is 15.3. The normalized spacial score (nSPS) is 11.0. The van der Waals surface area contributed by atoms with E-state index in [1.807, 2.05) is 0 Å². The second kappa shape index (κ2) is 5.55. The number of benzene rings is 2. The van der Waals surface area contributed by atoms with E-state index in [1.54, 1.807) is 0 Å². The quantitative estimate of drug-likeness (QED) is 0.737. The van der Waals surface area contributed by atoms with Crippen molar-refractivity contribution < 1.29 is 18.7 Å². The van der Waals surface area contributed by atoms with Gasteiger partial charge in [0.1, 0.15) is 17.3 Å². The lowest BCUT2D eigenvalue weighted by Gasteiger charge is -2.09. The van der Waals surface area contributed by atoms with Crippen LogP contribution in [0.25, 0.3) is 10.9 Å². The van der Waals surface area contributed by atoms with E-state index < -0.39 is 17.6 Å². The van der Waals surface area contributed by atoms with Crippen molar-refractivity contribution in [2.75, 3.05) is 5.32 Å². The number of hydrogen-bond donors (Lipinski definition) is 2. The van der Waals surface area contributed by atoms with E-state index in [2.05, 4.69) is 5.32 Å². The Bertz CT molecular complexity index is 937. The third kappa shape index (κ3) is 2.61. The first-order chi connectivity index (χ1) is 10.9. The van der Waals surface area contributed by atoms with E-state index >= 15 is 0 Å². The highest BCUT2D eigenvalue weighted by atomic mass is 35.5. The minimum absolute atomic E-state index is 0.0368. The molecule has 0 aliphatic heterocycles. The van der Waals surface area contributed by atoms with Crippen LogP contribution < -0.4 is 5.32 Å². The summed E-state index contributed by atoms with van der Waals surface area (Å²) >= 11 is 5.74. The number of nitrogens with zero attached hydrogens (tertiary/aromatic N) is 1. The van der Waals surface area contributed by atoms with Crippen LogP contribution in [0.1, 0.15) is 10.5 Å². The fourth-order valence-corrected chi connectivity index (χ4v) is 2.65. The van der Waals surface area contributed by atoms with Crippen LogP contribution in [0.2, 0.25) is 5.02 Å². The second-order valence-corrected chi connectivity index (χ2v) is 5.41. The molecule has 3 aromatic rings. The average Bonchev–Trinajstić information content (AvgIpc) is 2.85. The van der Waals surface area contributed by atoms with Gasteiger partial charge in [0, 0.05) is 23.8 Å². The molecule has 0 spiro atoms. The number of aromatic nitrogens is 1. The van der Waals surface area contributed by atoms with Crippen molar-refractivity contribution in [1.82, 2.24) is 4.57 Å². The minimum atomic E-state index is -1.15. The van der Waals surface area contributed by atoms with Gasteiger partial charge in [0.25, 0.3) is 0 Å². The zero-order valence-electron chi connectivity index (χ0n) is 11.9. The molecule has 0 saturated carbocycles. The molecule has 0 fully saturated rings. The first-order valence-corrected chi connectivity index (χ1v) is 6.99. The van der Waals surface area contributed by atoms with Crippen LogP contribution in [0.3, 0.4) is 0 Å². The second-order valence-electron chi connectivity index (χ2n) is 5.00. The summed E-state index contributed by atoms with van der Waals surface area (Å²) in [7, 11) is 1.48. The molecular formula is C16H11ClF2N2O2. The van der Waals surface area contributed by atoms with E-state index in [-0.39, 0.29) is 16.2 Å². The van der Waals surface area contributed by atoms with E-state index in [0.717, 1.165) is 0 Å². The van der Waals surface area contributed by atoms with E-state index in [0.29, 0.717) is 16.8 Å². The van der Waals surface area contributed by atoms with Crippen LogP contribution in [0.5, 0.6) is 0 Å². The molecule has 0 aliphatic rings. The number of fused-ring (bicyclic) bond motifs is 1. The van der Waals surface area contributed by atoms with Gasteiger partial charge in [-0.3, -0.25) is 0 Å². The summed E-state index contributed by atoms with van der Waals surface area (Å²) in [6, 6.07) is 8.19. The van der Waals surface area contributed by atoms with E-state index in [4.69, 9.17) is 11.6 Å². The highest BCUT2D eigenvalue weighted by molar-refractivity contribution is 6.31. The van der Waals surface area contributed by atoms with Gasteiger partial charge in [-0.2, -0.15) is 0 Å². The highest BCUT2D eigenvalue weighted by Crippen LogP contribution is 2.32. The number of nitrogens with one attached hydrogen (secondary N) is 1. The Morgan fingerprint density at radius 2 is 1.87 bits per heavy atom. The molecule has 3 rings (SSSR count). The summed E-state index contributed by atoms with van der Waals surface area (Å²) in [6.45, 7) is 0. The SMILES string of the molecule is Cn1c(C(=O)O)cc2c(Nc3ccc(F)c(Cl)c3)ccc(F)c21. The summed E-state index contributed by atoms with van der Waals surface area (Å²) in [5.41, 5.74) is 1.13. The van der Waals surface area contributed by atoms with Crippen molar-refractivity contribution >= 4 is 39.8 Å². The van der Waals surface area contributed by atoms with Crippen LogP contribution in [-0.4, -0.2) is 15.6 Å². The number of anilines is 2. The van der Waals surface area contributed by atoms with Crippen LogP contribution in [0.15, 0.2) is 36.4 Å². The molecule has 7 heteroatoms. The fraction of sp³-hybridized carbons (Fsp3) is 0.0625. The minimum Gasteiger partial charge on any atom is -0.477 e. The van der Waals surface area contributed by atoms with E-state index in [9.17, 15) is 18.7 Å². The summed E-state index contributed by atoms with van der Waals surface area (Å²) in [6.07, 6.45) is 0. The number of carboxylic acid groups (broad SMARTS) is 1. The third-order valence-electron chi connectivity index (χ3n) is 3.56. The van der Waals surface area contributed by atoms with Crippen molar-refractivity contribution in [2.45, 2.75) is 0 Å². The molecule has 0 amide bonds. The summed E-state index contributed by atoms with van der Waals surface area (Å²) < 4.78 is 28.5. The number of aryl methyl sites for hydroxylation is 1. The summed E-state index contributed by atoms with van der Waals surface area (Å²) in [5, 5.41) is 12.5. The molecule has 0 unspecified atom stereocenters. The Kier molecular flexibility index (Phi) is 3.69. The van der Waals surface area contributed by atoms with Gasteiger partial charge in [-0.15, -0.1) is 0 Å². The number of rotatable bonds is 3. The fourth-order valence-electron chi connectivity index (χ4n) is 2.47. The molecular weight excluding hydrogens is 326 g/mol.